The van der Waals surface area contributed by atoms with Crippen LogP contribution in [0.15, 0.2) is 34.4 Å². The van der Waals surface area contributed by atoms with E-state index < -0.39 is 0 Å². The summed E-state index contributed by atoms with van der Waals surface area (Å²) < 4.78 is 6.44. The van der Waals surface area contributed by atoms with Crippen molar-refractivity contribution >= 4 is 21.7 Å². The van der Waals surface area contributed by atoms with E-state index in [0.29, 0.717) is 17.9 Å². The number of hydrogen-bond acceptors (Lipinski definition) is 3. The summed E-state index contributed by atoms with van der Waals surface area (Å²) in [6.07, 6.45) is 1.60. The average molecular weight is 282 g/mol. The molecule has 1 aliphatic rings. The van der Waals surface area contributed by atoms with Gasteiger partial charge in [-0.1, -0.05) is 15.9 Å². The fraction of sp³-hybridized carbons (Fsp3) is 0.250. The maximum absolute atomic E-state index is 11.9. The number of fused-ring (bicyclic) bond motifs is 1. The molecule has 1 heterocycles. The molecule has 3 nitrogen and oxygen atoms in total. The molecule has 0 aromatic heterocycles. The van der Waals surface area contributed by atoms with Crippen LogP contribution in [0.1, 0.15) is 17.3 Å². The number of allylic oxidation sites excluding steroid dienone is 1. The Morgan fingerprint density at radius 1 is 1.50 bits per heavy atom. The van der Waals surface area contributed by atoms with Crippen LogP contribution in [0, 0.1) is 0 Å². The van der Waals surface area contributed by atoms with Crippen LogP contribution in [-0.2, 0) is 0 Å². The summed E-state index contributed by atoms with van der Waals surface area (Å²) in [4.78, 5) is 11.9. The fourth-order valence-corrected chi connectivity index (χ4v) is 1.94. The quantitative estimate of drug-likeness (QED) is 0.905. The van der Waals surface area contributed by atoms with E-state index in [9.17, 15) is 4.79 Å². The number of benzene rings is 1. The largest absolute Gasteiger partial charge is 0.487 e. The van der Waals surface area contributed by atoms with Crippen molar-refractivity contribution in [3.8, 4) is 5.75 Å². The van der Waals surface area contributed by atoms with Gasteiger partial charge in [0.1, 0.15) is 12.4 Å². The number of ketones is 1. The first-order valence-corrected chi connectivity index (χ1v) is 5.91. The van der Waals surface area contributed by atoms with Gasteiger partial charge in [0.2, 0.25) is 0 Å². The molecule has 0 atom stereocenters. The summed E-state index contributed by atoms with van der Waals surface area (Å²) in [6.45, 7) is 3.18. The number of likely N-dealkylation sites (N-methyl/N-ethyl adjacent to an activating group) is 1. The Labute approximate surface area is 103 Å². The first kappa shape index (κ1) is 11.2. The monoisotopic (exact) mass is 281 g/mol. The van der Waals surface area contributed by atoms with Gasteiger partial charge in [-0.05, 0) is 25.1 Å². The lowest BCUT2D eigenvalue weighted by molar-refractivity contribution is 0.104. The highest BCUT2D eigenvalue weighted by Gasteiger charge is 2.16. The second kappa shape index (κ2) is 4.70. The first-order chi connectivity index (χ1) is 7.70. The second-order valence-corrected chi connectivity index (χ2v) is 4.41. The van der Waals surface area contributed by atoms with Crippen molar-refractivity contribution in [2.24, 2.45) is 0 Å². The highest BCUT2D eigenvalue weighted by atomic mass is 79.9. The van der Waals surface area contributed by atoms with Gasteiger partial charge in [0.05, 0.1) is 11.3 Å². The molecule has 2 rings (SSSR count). The summed E-state index contributed by atoms with van der Waals surface area (Å²) in [7, 11) is 0. The highest BCUT2D eigenvalue weighted by Crippen LogP contribution is 2.26. The minimum absolute atomic E-state index is 0.0234. The van der Waals surface area contributed by atoms with E-state index in [-0.39, 0.29) is 5.78 Å². The zero-order valence-corrected chi connectivity index (χ0v) is 10.5. The molecular weight excluding hydrogens is 270 g/mol. The van der Waals surface area contributed by atoms with Crippen molar-refractivity contribution in [2.75, 3.05) is 13.2 Å². The van der Waals surface area contributed by atoms with Crippen molar-refractivity contribution in [1.82, 2.24) is 5.32 Å². The van der Waals surface area contributed by atoms with Gasteiger partial charge < -0.3 is 10.1 Å². The predicted octanol–water partition coefficient (Wildman–Crippen LogP) is 2.52. The number of carbonyl (C=O) groups is 1. The smallest absolute Gasteiger partial charge is 0.191 e. The van der Waals surface area contributed by atoms with Crippen LogP contribution >= 0.6 is 15.9 Å². The molecule has 0 fully saturated rings. The van der Waals surface area contributed by atoms with E-state index in [1.807, 2.05) is 13.0 Å². The molecule has 0 radical (unpaired) electrons. The Morgan fingerprint density at radius 2 is 2.31 bits per heavy atom. The van der Waals surface area contributed by atoms with Crippen molar-refractivity contribution in [2.45, 2.75) is 6.92 Å². The Bertz CT molecular complexity index is 454. The number of halogens is 1. The number of nitrogens with one attached hydrogen (secondary N) is 1. The molecule has 0 aliphatic carbocycles. The van der Waals surface area contributed by atoms with Crippen LogP contribution in [0.2, 0.25) is 0 Å². The van der Waals surface area contributed by atoms with E-state index in [0.717, 1.165) is 16.7 Å². The van der Waals surface area contributed by atoms with Crippen LogP contribution in [0.5, 0.6) is 5.75 Å². The molecule has 1 N–H and O–H groups in total. The van der Waals surface area contributed by atoms with Gasteiger partial charge in [0.15, 0.2) is 5.78 Å². The lowest BCUT2D eigenvalue weighted by Gasteiger charge is -2.08. The molecule has 1 aromatic carbocycles. The number of rotatable bonds is 2. The van der Waals surface area contributed by atoms with Crippen molar-refractivity contribution in [3.63, 3.8) is 0 Å². The molecule has 4 heteroatoms. The van der Waals surface area contributed by atoms with Gasteiger partial charge in [-0.15, -0.1) is 0 Å². The zero-order chi connectivity index (χ0) is 11.5. The van der Waals surface area contributed by atoms with Crippen LogP contribution in [0.3, 0.4) is 0 Å². The average Bonchev–Trinajstić information content (AvgIpc) is 2.40. The topological polar surface area (TPSA) is 38.3 Å². The summed E-state index contributed by atoms with van der Waals surface area (Å²) in [5.74, 6) is 0.613. The molecular formula is C12H12BrNO2. The number of hydrogen-bond donors (Lipinski definition) is 1. The fourth-order valence-electron chi connectivity index (χ4n) is 1.58. The minimum Gasteiger partial charge on any atom is -0.487 e. The first-order valence-electron chi connectivity index (χ1n) is 5.12. The Balaban J connectivity index is 2.36. The van der Waals surface area contributed by atoms with E-state index in [2.05, 4.69) is 21.2 Å². The minimum atomic E-state index is -0.0234. The summed E-state index contributed by atoms with van der Waals surface area (Å²) >= 11 is 3.35. The molecule has 0 saturated carbocycles. The normalized spacial score (nSPS) is 14.6. The maximum atomic E-state index is 11.9. The Hall–Kier alpha value is -1.29. The molecule has 0 spiro atoms. The van der Waals surface area contributed by atoms with Gasteiger partial charge in [-0.25, -0.2) is 0 Å². The zero-order valence-electron chi connectivity index (χ0n) is 8.92. The third kappa shape index (κ3) is 2.27. The van der Waals surface area contributed by atoms with Crippen molar-refractivity contribution in [3.05, 3.63) is 40.0 Å². The van der Waals surface area contributed by atoms with Crippen molar-refractivity contribution in [1.29, 1.82) is 0 Å². The molecule has 1 aliphatic heterocycles. The Morgan fingerprint density at radius 3 is 3.06 bits per heavy atom. The summed E-state index contributed by atoms with van der Waals surface area (Å²) in [5.41, 5.74) is 1.42. The third-order valence-electron chi connectivity index (χ3n) is 2.30. The van der Waals surface area contributed by atoms with E-state index in [1.165, 1.54) is 0 Å². The lowest BCUT2D eigenvalue weighted by atomic mass is 10.1. The van der Waals surface area contributed by atoms with Gasteiger partial charge >= 0.3 is 0 Å². The highest BCUT2D eigenvalue weighted by molar-refractivity contribution is 9.10. The predicted molar refractivity (Wildman–Crippen MR) is 65.7 cm³/mol. The molecule has 0 saturated heterocycles. The standard InChI is InChI=1S/C12H12BrNO2/c1-2-14-9-6-11(15)10-5-8(13)3-4-12(10)16-7-9/h3-6,14H,2,7H2,1H3. The Kier molecular flexibility index (Phi) is 3.29. The second-order valence-electron chi connectivity index (χ2n) is 3.49. The molecule has 84 valence electrons. The molecule has 0 unspecified atom stereocenters. The summed E-state index contributed by atoms with van der Waals surface area (Å²) in [6, 6.07) is 5.45. The van der Waals surface area contributed by atoms with Gasteiger partial charge in [-0.2, -0.15) is 0 Å². The van der Waals surface area contributed by atoms with Crippen LogP contribution in [0.25, 0.3) is 0 Å². The maximum Gasteiger partial charge on any atom is 0.191 e. The molecule has 0 amide bonds. The molecule has 16 heavy (non-hydrogen) atoms. The van der Waals surface area contributed by atoms with E-state index in [1.54, 1.807) is 18.2 Å². The molecule has 0 bridgehead atoms. The number of ether oxygens (including phenoxy) is 1. The lowest BCUT2D eigenvalue weighted by Crippen LogP contribution is -2.17. The van der Waals surface area contributed by atoms with E-state index >= 15 is 0 Å². The van der Waals surface area contributed by atoms with Gasteiger partial charge in [-0.3, -0.25) is 4.79 Å². The van der Waals surface area contributed by atoms with Crippen LogP contribution < -0.4 is 10.1 Å². The van der Waals surface area contributed by atoms with Gasteiger partial charge in [0, 0.05) is 17.1 Å². The number of carbonyl (C=O) groups excluding carboxylic acids is 1. The van der Waals surface area contributed by atoms with Crippen LogP contribution in [-0.4, -0.2) is 18.9 Å². The van der Waals surface area contributed by atoms with Crippen LogP contribution in [0.4, 0.5) is 0 Å². The third-order valence-corrected chi connectivity index (χ3v) is 2.79. The SMILES string of the molecule is CCNC1=CC(=O)c2cc(Br)ccc2OC1. The van der Waals surface area contributed by atoms with Gasteiger partial charge in [0.25, 0.3) is 0 Å². The molecule has 1 aromatic rings. The summed E-state index contributed by atoms with van der Waals surface area (Å²) in [5, 5.41) is 3.11. The van der Waals surface area contributed by atoms with E-state index in [4.69, 9.17) is 4.74 Å². The van der Waals surface area contributed by atoms with Crippen molar-refractivity contribution < 1.29 is 9.53 Å².